The molecule has 4 heterocycles. The van der Waals surface area contributed by atoms with E-state index in [2.05, 4.69) is 10.6 Å². The number of benzene rings is 2. The van der Waals surface area contributed by atoms with E-state index < -0.39 is 63.5 Å². The molecular formula is C32H40F2N6O6SSi. The van der Waals surface area contributed by atoms with Crippen molar-refractivity contribution in [1.82, 2.24) is 23.7 Å². The number of fused-ring (bicyclic) bond motifs is 1. The van der Waals surface area contributed by atoms with Gasteiger partial charge in [-0.2, -0.15) is 4.31 Å². The van der Waals surface area contributed by atoms with Gasteiger partial charge >= 0.3 is 11.7 Å². The fourth-order valence-corrected chi connectivity index (χ4v) is 11.7. The SMILES string of the molecule is Cn1c(=O)n(C2CCC(=O)NC2=O)c2ccc([C@@H]3CCN(C(=O)Nc4cccc(CS(=O)(=O)N5CC[SiH2]CC5(C)C)c4)CC3(F)F)cc21. The molecule has 0 radical (unpaired) electrons. The zero-order valence-corrected chi connectivity index (χ0v) is 29.4. The number of rotatable bonds is 6. The second-order valence-electron chi connectivity index (χ2n) is 13.7. The Bertz CT molecular complexity index is 1960. The van der Waals surface area contributed by atoms with Gasteiger partial charge in [0.1, 0.15) is 6.04 Å². The van der Waals surface area contributed by atoms with Gasteiger partial charge in [0.2, 0.25) is 21.8 Å². The number of piperidine rings is 2. The van der Waals surface area contributed by atoms with E-state index >= 15 is 8.78 Å². The molecule has 3 aliphatic rings. The molecule has 12 nitrogen and oxygen atoms in total. The molecule has 2 aromatic carbocycles. The van der Waals surface area contributed by atoms with Crippen molar-refractivity contribution in [1.29, 1.82) is 0 Å². The monoisotopic (exact) mass is 702 g/mol. The van der Waals surface area contributed by atoms with E-state index in [1.54, 1.807) is 34.6 Å². The average Bonchev–Trinajstić information content (AvgIpc) is 3.25. The predicted molar refractivity (Wildman–Crippen MR) is 180 cm³/mol. The lowest BCUT2D eigenvalue weighted by atomic mass is 9.86. The maximum Gasteiger partial charge on any atom is 0.329 e. The van der Waals surface area contributed by atoms with Gasteiger partial charge in [0.05, 0.1) is 29.2 Å². The first-order valence-corrected chi connectivity index (χ1v) is 19.8. The van der Waals surface area contributed by atoms with Gasteiger partial charge in [-0.3, -0.25) is 24.0 Å². The summed E-state index contributed by atoms with van der Waals surface area (Å²) in [6.07, 6.45) is 0.202. The topological polar surface area (TPSA) is 143 Å². The molecule has 6 rings (SSSR count). The van der Waals surface area contributed by atoms with E-state index in [4.69, 9.17) is 0 Å². The molecule has 4 amide bonds. The molecule has 0 aliphatic carbocycles. The normalized spacial score (nSPS) is 23.7. The van der Waals surface area contributed by atoms with Crippen LogP contribution in [-0.2, 0) is 32.4 Å². The number of sulfonamides is 1. The van der Waals surface area contributed by atoms with E-state index in [1.807, 2.05) is 13.8 Å². The summed E-state index contributed by atoms with van der Waals surface area (Å²) in [5, 5.41) is 4.91. The number of alkyl halides is 2. The largest absolute Gasteiger partial charge is 0.329 e. The number of halogens is 2. The molecule has 258 valence electrons. The lowest BCUT2D eigenvalue weighted by Gasteiger charge is -2.41. The van der Waals surface area contributed by atoms with Crippen LogP contribution in [-0.4, -0.2) is 85.2 Å². The van der Waals surface area contributed by atoms with Gasteiger partial charge in [-0.1, -0.05) is 18.2 Å². The van der Waals surface area contributed by atoms with Crippen molar-refractivity contribution >= 4 is 54.1 Å². The molecular weight excluding hydrogens is 663 g/mol. The van der Waals surface area contributed by atoms with Gasteiger partial charge in [-0.25, -0.2) is 26.8 Å². The first-order chi connectivity index (χ1) is 22.6. The zero-order valence-electron chi connectivity index (χ0n) is 27.2. The van der Waals surface area contributed by atoms with Gasteiger partial charge in [0.15, 0.2) is 0 Å². The van der Waals surface area contributed by atoms with Crippen LogP contribution in [0.3, 0.4) is 0 Å². The number of aryl methyl sites for hydroxylation is 1. The van der Waals surface area contributed by atoms with Gasteiger partial charge in [-0.15, -0.1) is 0 Å². The highest BCUT2D eigenvalue weighted by Gasteiger charge is 2.47. The van der Waals surface area contributed by atoms with E-state index in [9.17, 15) is 27.6 Å². The maximum atomic E-state index is 15.7. The van der Waals surface area contributed by atoms with Gasteiger partial charge in [0, 0.05) is 47.3 Å². The van der Waals surface area contributed by atoms with Gasteiger partial charge in [0.25, 0.3) is 5.92 Å². The Morgan fingerprint density at radius 1 is 1.06 bits per heavy atom. The van der Waals surface area contributed by atoms with Crippen molar-refractivity contribution in [2.75, 3.05) is 25.0 Å². The molecule has 3 fully saturated rings. The number of nitrogens with zero attached hydrogens (tertiary/aromatic N) is 4. The van der Waals surface area contributed by atoms with Crippen LogP contribution >= 0.6 is 0 Å². The number of urea groups is 1. The number of carbonyl (C=O) groups excluding carboxylic acids is 3. The Kier molecular flexibility index (Phi) is 8.87. The number of anilines is 1. The Morgan fingerprint density at radius 3 is 2.54 bits per heavy atom. The van der Waals surface area contributed by atoms with Gasteiger partial charge in [-0.05, 0) is 74.2 Å². The number of nitrogens with one attached hydrogen (secondary N) is 2. The molecule has 3 aromatic rings. The number of hydrogen-bond acceptors (Lipinski definition) is 6. The van der Waals surface area contributed by atoms with Crippen LogP contribution in [0.15, 0.2) is 47.3 Å². The molecule has 0 bridgehead atoms. The highest BCUT2D eigenvalue weighted by molar-refractivity contribution is 7.88. The van der Waals surface area contributed by atoms with E-state index in [0.29, 0.717) is 34.4 Å². The summed E-state index contributed by atoms with van der Waals surface area (Å²) in [4.78, 5) is 51.4. The highest BCUT2D eigenvalue weighted by Crippen LogP contribution is 2.41. The van der Waals surface area contributed by atoms with Crippen molar-refractivity contribution in [3.05, 3.63) is 64.1 Å². The Balaban J connectivity index is 1.14. The number of imidazole rings is 1. The minimum absolute atomic E-state index is 0.0412. The summed E-state index contributed by atoms with van der Waals surface area (Å²) in [5.41, 5.74) is 0.977. The lowest BCUT2D eigenvalue weighted by Crippen LogP contribution is -2.51. The zero-order chi connectivity index (χ0) is 34.6. The molecule has 2 N–H and O–H groups in total. The fraction of sp³-hybridized carbons (Fsp3) is 0.500. The van der Waals surface area contributed by atoms with Crippen LogP contribution in [0, 0.1) is 0 Å². The van der Waals surface area contributed by atoms with Crippen molar-refractivity contribution in [2.45, 2.75) is 74.4 Å². The molecule has 0 saturated carbocycles. The van der Waals surface area contributed by atoms with Crippen molar-refractivity contribution in [3.63, 3.8) is 0 Å². The van der Waals surface area contributed by atoms with Crippen LogP contribution in [0.1, 0.15) is 56.2 Å². The van der Waals surface area contributed by atoms with E-state index in [-0.39, 0.29) is 41.1 Å². The van der Waals surface area contributed by atoms with Crippen LogP contribution in [0.5, 0.6) is 0 Å². The van der Waals surface area contributed by atoms with Crippen molar-refractivity contribution < 1.29 is 31.6 Å². The van der Waals surface area contributed by atoms with Crippen molar-refractivity contribution in [3.8, 4) is 0 Å². The summed E-state index contributed by atoms with van der Waals surface area (Å²) in [7, 11) is -2.38. The lowest BCUT2D eigenvalue weighted by molar-refractivity contribution is -0.135. The maximum absolute atomic E-state index is 15.7. The number of aromatic nitrogens is 2. The summed E-state index contributed by atoms with van der Waals surface area (Å²) in [6, 6.07) is 11.3. The second-order valence-corrected chi connectivity index (χ2v) is 17.5. The number of likely N-dealkylation sites (tertiary alicyclic amines) is 1. The minimum atomic E-state index is -3.60. The Hall–Kier alpha value is -3.89. The van der Waals surface area contributed by atoms with Crippen LogP contribution in [0.25, 0.3) is 11.0 Å². The third-order valence-electron chi connectivity index (χ3n) is 9.86. The molecule has 1 unspecified atom stereocenters. The van der Waals surface area contributed by atoms with Crippen LogP contribution in [0.2, 0.25) is 12.1 Å². The molecule has 0 spiro atoms. The van der Waals surface area contributed by atoms with Gasteiger partial charge < -0.3 is 10.2 Å². The number of imide groups is 1. The summed E-state index contributed by atoms with van der Waals surface area (Å²) < 4.78 is 62.2. The molecule has 16 heteroatoms. The molecule has 48 heavy (non-hydrogen) atoms. The molecule has 3 saturated heterocycles. The minimum Gasteiger partial charge on any atom is -0.318 e. The van der Waals surface area contributed by atoms with Crippen molar-refractivity contribution in [2.24, 2.45) is 7.05 Å². The smallest absolute Gasteiger partial charge is 0.318 e. The third kappa shape index (κ3) is 6.44. The predicted octanol–water partition coefficient (Wildman–Crippen LogP) is 2.90. The van der Waals surface area contributed by atoms with E-state index in [0.717, 1.165) is 17.0 Å². The van der Waals surface area contributed by atoms with Crippen LogP contribution < -0.4 is 16.3 Å². The quantitative estimate of drug-likeness (QED) is 0.299. The molecule has 2 atom stereocenters. The molecule has 1 aromatic heterocycles. The highest BCUT2D eigenvalue weighted by atomic mass is 32.2. The number of carbonyl (C=O) groups is 3. The summed E-state index contributed by atoms with van der Waals surface area (Å²) in [6.45, 7) is 3.63. The number of amides is 4. The third-order valence-corrected chi connectivity index (χ3v) is 14.3. The number of hydrogen-bond donors (Lipinski definition) is 2. The first-order valence-electron chi connectivity index (χ1n) is 16.2. The Morgan fingerprint density at radius 2 is 1.83 bits per heavy atom. The standard InChI is InChI=1S/C32H40F2N6O6SSi/c1-31(2)19-48-14-13-39(31)47(45,46)17-20-5-4-6-22(15-20)35-29(43)38-12-11-23(32(33,34)18-38)21-7-8-24-26(16-21)37(3)30(44)40(24)25-9-10-27(41)36-28(25)42/h4-8,15-16,23,25H,9-14,17-19,48H2,1-3H3,(H,35,43)(H,36,41,42)/t23-,25?/m0/s1. The summed E-state index contributed by atoms with van der Waals surface area (Å²) >= 11 is 0. The Labute approximate surface area is 279 Å². The molecule has 3 aliphatic heterocycles. The first kappa shape index (κ1) is 34.0. The fourth-order valence-electron chi connectivity index (χ4n) is 7.34. The van der Waals surface area contributed by atoms with E-state index in [1.165, 1.54) is 28.3 Å². The average molecular weight is 703 g/mol. The van der Waals surface area contributed by atoms with Crippen LogP contribution in [0.4, 0.5) is 19.3 Å². The second kappa shape index (κ2) is 12.5. The summed E-state index contributed by atoms with van der Waals surface area (Å²) in [5.74, 6) is -5.74.